The van der Waals surface area contributed by atoms with Gasteiger partial charge in [0.15, 0.2) is 5.69 Å². The first-order valence-electron chi connectivity index (χ1n) is 9.81. The van der Waals surface area contributed by atoms with E-state index in [0.29, 0.717) is 45.1 Å². The number of nitrogens with zero attached hydrogens (tertiary/aromatic N) is 5. The minimum absolute atomic E-state index is 0.0780. The second-order valence-electron chi connectivity index (χ2n) is 7.80. The fourth-order valence-corrected chi connectivity index (χ4v) is 4.08. The zero-order valence-electron chi connectivity index (χ0n) is 15.7. The fourth-order valence-electron chi connectivity index (χ4n) is 4.08. The number of rotatable bonds is 4. The van der Waals surface area contributed by atoms with Gasteiger partial charge in [0.05, 0.1) is 30.9 Å². The summed E-state index contributed by atoms with van der Waals surface area (Å²) in [5.74, 6) is 0.0995. The summed E-state index contributed by atoms with van der Waals surface area (Å²) in [6.07, 6.45) is 3.53. The lowest BCUT2D eigenvalue weighted by atomic mass is 9.92. The molecule has 2 aliphatic heterocycles. The Hall–Kier alpha value is -2.74. The number of hydrogen-bond donors (Lipinski definition) is 0. The molecule has 0 atom stereocenters. The maximum Gasteiger partial charge on any atom is 0.276 e. The monoisotopic (exact) mass is 381 g/mol. The molecule has 8 heteroatoms. The minimum atomic E-state index is -0.327. The molecule has 28 heavy (non-hydrogen) atoms. The Balaban J connectivity index is 1.21. The van der Waals surface area contributed by atoms with E-state index < -0.39 is 0 Å². The molecule has 2 aromatic rings. The summed E-state index contributed by atoms with van der Waals surface area (Å²) in [6, 6.07) is 10.1. The van der Waals surface area contributed by atoms with E-state index in [9.17, 15) is 9.59 Å². The molecule has 2 saturated heterocycles. The lowest BCUT2D eigenvalue weighted by Gasteiger charge is -2.41. The number of carbonyl (C=O) groups excluding carboxylic acids is 2. The average molecular weight is 381 g/mol. The van der Waals surface area contributed by atoms with Gasteiger partial charge in [-0.3, -0.25) is 9.59 Å². The van der Waals surface area contributed by atoms with Crippen molar-refractivity contribution in [2.24, 2.45) is 0 Å². The van der Waals surface area contributed by atoms with Crippen molar-refractivity contribution in [3.63, 3.8) is 0 Å². The van der Waals surface area contributed by atoms with Crippen LogP contribution in [-0.4, -0.2) is 76.0 Å². The molecule has 1 aromatic carbocycles. The van der Waals surface area contributed by atoms with Crippen LogP contribution < -0.4 is 0 Å². The Kier molecular flexibility index (Phi) is 4.16. The number of carbonyl (C=O) groups is 2. The molecular weight excluding hydrogens is 358 g/mol. The van der Waals surface area contributed by atoms with Crippen molar-refractivity contribution in [3.05, 3.63) is 47.8 Å². The minimum Gasteiger partial charge on any atom is -0.378 e. The third-order valence-electron chi connectivity index (χ3n) is 6.04. The van der Waals surface area contributed by atoms with Crippen molar-refractivity contribution < 1.29 is 14.3 Å². The lowest BCUT2D eigenvalue weighted by Crippen LogP contribution is -2.54. The van der Waals surface area contributed by atoms with E-state index in [0.717, 1.165) is 18.4 Å². The summed E-state index contributed by atoms with van der Waals surface area (Å²) >= 11 is 0. The van der Waals surface area contributed by atoms with E-state index in [1.807, 2.05) is 35.2 Å². The third-order valence-corrected chi connectivity index (χ3v) is 6.04. The van der Waals surface area contributed by atoms with Crippen molar-refractivity contribution in [1.29, 1.82) is 0 Å². The molecule has 3 aliphatic rings. The van der Waals surface area contributed by atoms with Crippen LogP contribution in [0.25, 0.3) is 0 Å². The molecule has 146 valence electrons. The number of morpholine rings is 1. The van der Waals surface area contributed by atoms with E-state index in [2.05, 4.69) is 10.3 Å². The first kappa shape index (κ1) is 17.4. The van der Waals surface area contributed by atoms with Gasteiger partial charge in [-0.1, -0.05) is 35.5 Å². The van der Waals surface area contributed by atoms with Crippen molar-refractivity contribution in [3.8, 4) is 0 Å². The largest absolute Gasteiger partial charge is 0.378 e. The van der Waals surface area contributed by atoms with Crippen LogP contribution >= 0.6 is 0 Å². The summed E-state index contributed by atoms with van der Waals surface area (Å²) in [5, 5.41) is 8.18. The van der Waals surface area contributed by atoms with Gasteiger partial charge in [0.2, 0.25) is 5.91 Å². The molecule has 0 bridgehead atoms. The maximum absolute atomic E-state index is 13.0. The quantitative estimate of drug-likeness (QED) is 0.785. The van der Waals surface area contributed by atoms with E-state index in [4.69, 9.17) is 4.74 Å². The van der Waals surface area contributed by atoms with Crippen molar-refractivity contribution >= 4 is 11.8 Å². The first-order valence-corrected chi connectivity index (χ1v) is 9.81. The third kappa shape index (κ3) is 2.88. The first-order chi connectivity index (χ1) is 13.7. The van der Waals surface area contributed by atoms with Gasteiger partial charge in [-0.25, -0.2) is 4.68 Å². The Morgan fingerprint density at radius 1 is 1.04 bits per heavy atom. The van der Waals surface area contributed by atoms with Gasteiger partial charge < -0.3 is 14.5 Å². The zero-order chi connectivity index (χ0) is 19.1. The second kappa shape index (κ2) is 6.70. The van der Waals surface area contributed by atoms with Gasteiger partial charge in [-0.15, -0.1) is 5.10 Å². The van der Waals surface area contributed by atoms with Crippen LogP contribution in [0.4, 0.5) is 0 Å². The second-order valence-corrected chi connectivity index (χ2v) is 7.80. The summed E-state index contributed by atoms with van der Waals surface area (Å²) in [6.45, 7) is 3.51. The molecule has 5 rings (SSSR count). The molecule has 1 aliphatic carbocycles. The predicted molar refractivity (Wildman–Crippen MR) is 99.7 cm³/mol. The van der Waals surface area contributed by atoms with Gasteiger partial charge in [-0.2, -0.15) is 0 Å². The lowest BCUT2D eigenvalue weighted by molar-refractivity contribution is -0.140. The molecule has 1 aromatic heterocycles. The molecule has 0 N–H and O–H groups in total. The normalized spacial score (nSPS) is 21.3. The van der Waals surface area contributed by atoms with Crippen LogP contribution in [0.5, 0.6) is 0 Å². The van der Waals surface area contributed by atoms with Crippen LogP contribution in [-0.2, 0) is 14.9 Å². The average Bonchev–Trinajstić information content (AvgIpc) is 3.39. The number of likely N-dealkylation sites (tertiary alicyclic amines) is 1. The van der Waals surface area contributed by atoms with Crippen LogP contribution in [0, 0.1) is 0 Å². The Morgan fingerprint density at radius 2 is 1.75 bits per heavy atom. The van der Waals surface area contributed by atoms with Gasteiger partial charge in [0, 0.05) is 26.2 Å². The van der Waals surface area contributed by atoms with E-state index in [1.54, 1.807) is 15.8 Å². The molecule has 0 spiro atoms. The van der Waals surface area contributed by atoms with E-state index in [-0.39, 0.29) is 23.3 Å². The van der Waals surface area contributed by atoms with Crippen LogP contribution in [0.1, 0.15) is 34.9 Å². The van der Waals surface area contributed by atoms with Crippen molar-refractivity contribution in [1.82, 2.24) is 24.8 Å². The Morgan fingerprint density at radius 3 is 2.43 bits per heavy atom. The number of aromatic nitrogens is 3. The Labute approximate surface area is 163 Å². The summed E-state index contributed by atoms with van der Waals surface area (Å²) < 4.78 is 7.00. The summed E-state index contributed by atoms with van der Waals surface area (Å²) in [5.41, 5.74) is 1.14. The van der Waals surface area contributed by atoms with E-state index in [1.165, 1.54) is 0 Å². The number of ether oxygens (including phenoxy) is 1. The standard InChI is InChI=1S/C20H23N5O3/c26-18(23-8-10-28-11-9-23)17-14-25(22-21-17)16-12-24(13-16)19(27)20(6-7-20)15-4-2-1-3-5-15/h1-5,14,16H,6-13H2. The Bertz CT molecular complexity index is 880. The molecule has 0 radical (unpaired) electrons. The highest BCUT2D eigenvalue weighted by molar-refractivity contribution is 5.92. The SMILES string of the molecule is O=C(c1cn(C2CN(C(=O)C3(c4ccccc4)CC3)C2)nn1)N1CCOCC1. The molecule has 1 saturated carbocycles. The molecule has 8 nitrogen and oxygen atoms in total. The number of hydrogen-bond acceptors (Lipinski definition) is 5. The molecule has 3 heterocycles. The van der Waals surface area contributed by atoms with Crippen molar-refractivity contribution in [2.45, 2.75) is 24.3 Å². The highest BCUT2D eigenvalue weighted by Gasteiger charge is 2.54. The highest BCUT2D eigenvalue weighted by atomic mass is 16.5. The zero-order valence-corrected chi connectivity index (χ0v) is 15.7. The predicted octanol–water partition coefficient (Wildman–Crippen LogP) is 0.866. The van der Waals surface area contributed by atoms with Crippen LogP contribution in [0.2, 0.25) is 0 Å². The van der Waals surface area contributed by atoms with Gasteiger partial charge in [0.25, 0.3) is 5.91 Å². The molecule has 3 fully saturated rings. The molecular formula is C20H23N5O3. The highest BCUT2D eigenvalue weighted by Crippen LogP contribution is 2.50. The number of benzene rings is 1. The topological polar surface area (TPSA) is 80.6 Å². The van der Waals surface area contributed by atoms with E-state index >= 15 is 0 Å². The van der Waals surface area contributed by atoms with Gasteiger partial charge in [0.1, 0.15) is 0 Å². The summed E-state index contributed by atoms with van der Waals surface area (Å²) in [7, 11) is 0. The van der Waals surface area contributed by atoms with Gasteiger partial charge in [-0.05, 0) is 18.4 Å². The molecule has 0 unspecified atom stereocenters. The molecule has 2 amide bonds. The van der Waals surface area contributed by atoms with Crippen molar-refractivity contribution in [2.75, 3.05) is 39.4 Å². The maximum atomic E-state index is 13.0. The summed E-state index contributed by atoms with van der Waals surface area (Å²) in [4.78, 5) is 29.2. The smallest absolute Gasteiger partial charge is 0.276 e. The number of amides is 2. The fraction of sp³-hybridized carbons (Fsp3) is 0.500. The van der Waals surface area contributed by atoms with Crippen LogP contribution in [0.3, 0.4) is 0 Å². The van der Waals surface area contributed by atoms with Crippen LogP contribution in [0.15, 0.2) is 36.5 Å². The van der Waals surface area contributed by atoms with Gasteiger partial charge >= 0.3 is 0 Å².